The molecule has 17 heavy (non-hydrogen) atoms. The number of aryl methyl sites for hydroxylation is 1. The fraction of sp³-hybridized carbons (Fsp3) is 0.0909. The van der Waals surface area contributed by atoms with Gasteiger partial charge < -0.3 is 10.1 Å². The lowest BCUT2D eigenvalue weighted by molar-refractivity contribution is 0.0691. The van der Waals surface area contributed by atoms with Crippen molar-refractivity contribution in [3.63, 3.8) is 0 Å². The number of imidazole rings is 2. The molecule has 0 fully saturated rings. The highest BCUT2D eigenvalue weighted by Crippen LogP contribution is 2.25. The van der Waals surface area contributed by atoms with Gasteiger partial charge in [0, 0.05) is 6.20 Å². The lowest BCUT2D eigenvalue weighted by Crippen LogP contribution is -1.95. The Labute approximate surface area is 101 Å². The van der Waals surface area contributed by atoms with Crippen molar-refractivity contribution in [1.29, 1.82) is 0 Å². The van der Waals surface area contributed by atoms with Crippen molar-refractivity contribution >= 4 is 34.4 Å². The number of fused-ring (bicyclic) bond motifs is 3. The normalized spacial score (nSPS) is 11.4. The van der Waals surface area contributed by atoms with Crippen LogP contribution in [0.1, 0.15) is 16.1 Å². The van der Waals surface area contributed by atoms with E-state index in [1.54, 1.807) is 4.40 Å². The van der Waals surface area contributed by atoms with Crippen LogP contribution in [0.2, 0.25) is 5.02 Å². The zero-order chi connectivity index (χ0) is 12.2. The van der Waals surface area contributed by atoms with Crippen molar-refractivity contribution in [2.75, 3.05) is 0 Å². The number of nitrogens with zero attached hydrogens (tertiary/aromatic N) is 2. The Morgan fingerprint density at radius 2 is 2.29 bits per heavy atom. The van der Waals surface area contributed by atoms with Crippen LogP contribution >= 0.6 is 11.6 Å². The number of carboxylic acids is 1. The minimum absolute atomic E-state index is 0.104. The highest BCUT2D eigenvalue weighted by molar-refractivity contribution is 6.35. The van der Waals surface area contributed by atoms with Crippen molar-refractivity contribution in [2.24, 2.45) is 0 Å². The highest BCUT2D eigenvalue weighted by Gasteiger charge is 2.13. The minimum atomic E-state index is -1.01. The van der Waals surface area contributed by atoms with Gasteiger partial charge in [-0.05, 0) is 24.6 Å². The second kappa shape index (κ2) is 3.24. The van der Waals surface area contributed by atoms with Crippen LogP contribution in [-0.4, -0.2) is 25.4 Å². The van der Waals surface area contributed by atoms with E-state index in [4.69, 9.17) is 16.7 Å². The monoisotopic (exact) mass is 249 g/mol. The molecule has 6 heteroatoms. The molecular weight excluding hydrogens is 242 g/mol. The minimum Gasteiger partial charge on any atom is -0.477 e. The average molecular weight is 250 g/mol. The maximum Gasteiger partial charge on any atom is 0.353 e. The fourth-order valence-electron chi connectivity index (χ4n) is 1.89. The molecule has 2 N–H and O–H groups in total. The van der Waals surface area contributed by atoms with E-state index >= 15 is 0 Å². The number of aromatic carboxylic acids is 1. The van der Waals surface area contributed by atoms with Crippen molar-refractivity contribution in [2.45, 2.75) is 6.92 Å². The van der Waals surface area contributed by atoms with Crippen molar-refractivity contribution in [3.8, 4) is 0 Å². The number of carboxylic acid groups (broad SMARTS) is 1. The fourth-order valence-corrected chi connectivity index (χ4v) is 2.20. The number of H-pyrrole nitrogens is 1. The van der Waals surface area contributed by atoms with Gasteiger partial charge in [0.15, 0.2) is 0 Å². The molecule has 3 rings (SSSR count). The molecule has 3 aromatic rings. The van der Waals surface area contributed by atoms with E-state index in [1.807, 2.05) is 19.1 Å². The van der Waals surface area contributed by atoms with Crippen LogP contribution in [0.3, 0.4) is 0 Å². The van der Waals surface area contributed by atoms with Gasteiger partial charge in [-0.3, -0.25) is 4.40 Å². The molecule has 0 spiro atoms. The maximum absolute atomic E-state index is 10.8. The van der Waals surface area contributed by atoms with E-state index in [-0.39, 0.29) is 5.69 Å². The lowest BCUT2D eigenvalue weighted by Gasteiger charge is -1.96. The van der Waals surface area contributed by atoms with Gasteiger partial charge in [-0.2, -0.15) is 0 Å². The van der Waals surface area contributed by atoms with Crippen LogP contribution in [0, 0.1) is 6.92 Å². The maximum atomic E-state index is 10.8. The smallest absolute Gasteiger partial charge is 0.353 e. The van der Waals surface area contributed by atoms with Gasteiger partial charge in [-0.1, -0.05) is 11.6 Å². The van der Waals surface area contributed by atoms with E-state index < -0.39 is 5.97 Å². The molecule has 0 unspecified atom stereocenters. The Balaban J connectivity index is 2.44. The molecule has 0 amide bonds. The molecule has 1 aromatic carbocycles. The number of nitrogens with one attached hydrogen (secondary N) is 1. The summed E-state index contributed by atoms with van der Waals surface area (Å²) in [5, 5.41) is 9.45. The van der Waals surface area contributed by atoms with Crippen LogP contribution in [-0.2, 0) is 0 Å². The van der Waals surface area contributed by atoms with Crippen LogP contribution < -0.4 is 0 Å². The SMILES string of the molecule is Cc1cc(Cl)c2nc3[nH]c(C(=O)O)cn3c2c1. The number of hydrogen-bond acceptors (Lipinski definition) is 2. The molecule has 0 saturated heterocycles. The first kappa shape index (κ1) is 10.2. The molecule has 0 bridgehead atoms. The molecule has 2 heterocycles. The average Bonchev–Trinajstić information content (AvgIpc) is 2.76. The number of aromatic nitrogens is 3. The van der Waals surface area contributed by atoms with Gasteiger partial charge in [0.25, 0.3) is 0 Å². The summed E-state index contributed by atoms with van der Waals surface area (Å²) in [4.78, 5) is 17.8. The molecule has 0 atom stereocenters. The predicted molar refractivity (Wildman–Crippen MR) is 63.8 cm³/mol. The molecule has 0 radical (unpaired) electrons. The van der Waals surface area contributed by atoms with Crippen molar-refractivity contribution in [1.82, 2.24) is 14.4 Å². The Hall–Kier alpha value is -2.01. The summed E-state index contributed by atoms with van der Waals surface area (Å²) >= 11 is 6.09. The van der Waals surface area contributed by atoms with E-state index in [1.165, 1.54) is 6.20 Å². The van der Waals surface area contributed by atoms with Crippen LogP contribution in [0.4, 0.5) is 0 Å². The number of benzene rings is 1. The Morgan fingerprint density at radius 3 is 3.00 bits per heavy atom. The molecule has 0 aliphatic rings. The summed E-state index contributed by atoms with van der Waals surface area (Å²) in [7, 11) is 0. The summed E-state index contributed by atoms with van der Waals surface area (Å²) in [6, 6.07) is 3.75. The molecule has 0 saturated carbocycles. The summed E-state index contributed by atoms with van der Waals surface area (Å²) in [5.74, 6) is -0.535. The third-order valence-corrected chi connectivity index (χ3v) is 2.92. The van der Waals surface area contributed by atoms with E-state index in [2.05, 4.69) is 9.97 Å². The Morgan fingerprint density at radius 1 is 1.53 bits per heavy atom. The third-order valence-electron chi connectivity index (χ3n) is 2.63. The summed E-state index contributed by atoms with van der Waals surface area (Å²) < 4.78 is 1.69. The molecule has 0 aliphatic heterocycles. The topological polar surface area (TPSA) is 70.4 Å². The van der Waals surface area contributed by atoms with E-state index in [0.717, 1.165) is 11.1 Å². The van der Waals surface area contributed by atoms with Gasteiger partial charge in [0.05, 0.1) is 10.5 Å². The number of carbonyl (C=O) groups is 1. The highest BCUT2D eigenvalue weighted by atomic mass is 35.5. The van der Waals surface area contributed by atoms with Crippen molar-refractivity contribution in [3.05, 3.63) is 34.6 Å². The second-order valence-corrected chi connectivity index (χ2v) is 4.30. The van der Waals surface area contributed by atoms with Gasteiger partial charge >= 0.3 is 5.97 Å². The van der Waals surface area contributed by atoms with Crippen molar-refractivity contribution < 1.29 is 9.90 Å². The van der Waals surface area contributed by atoms with Crippen LogP contribution in [0.5, 0.6) is 0 Å². The first-order valence-electron chi connectivity index (χ1n) is 4.96. The van der Waals surface area contributed by atoms with Gasteiger partial charge in [-0.25, -0.2) is 9.78 Å². The van der Waals surface area contributed by atoms with Gasteiger partial charge in [-0.15, -0.1) is 0 Å². The van der Waals surface area contributed by atoms with Gasteiger partial charge in [0.1, 0.15) is 11.2 Å². The summed E-state index contributed by atoms with van der Waals surface area (Å²) in [6.07, 6.45) is 1.50. The number of hydrogen-bond donors (Lipinski definition) is 2. The first-order chi connectivity index (χ1) is 8.06. The second-order valence-electron chi connectivity index (χ2n) is 3.89. The zero-order valence-corrected chi connectivity index (χ0v) is 9.62. The Bertz CT molecular complexity index is 757. The van der Waals surface area contributed by atoms with Crippen LogP contribution in [0.15, 0.2) is 18.3 Å². The molecule has 2 aromatic heterocycles. The summed E-state index contributed by atoms with van der Waals surface area (Å²) in [5.41, 5.74) is 2.57. The third kappa shape index (κ3) is 1.39. The quantitative estimate of drug-likeness (QED) is 0.696. The first-order valence-corrected chi connectivity index (χ1v) is 5.34. The van der Waals surface area contributed by atoms with Crippen LogP contribution in [0.25, 0.3) is 16.8 Å². The van der Waals surface area contributed by atoms with Gasteiger partial charge in [0.2, 0.25) is 5.78 Å². The summed E-state index contributed by atoms with van der Waals surface area (Å²) in [6.45, 7) is 1.93. The number of halogens is 1. The number of aromatic amines is 1. The lowest BCUT2D eigenvalue weighted by atomic mass is 10.2. The molecule has 5 nitrogen and oxygen atoms in total. The predicted octanol–water partition coefficient (Wildman–Crippen LogP) is 2.48. The van der Waals surface area contributed by atoms with E-state index in [0.29, 0.717) is 16.3 Å². The largest absolute Gasteiger partial charge is 0.477 e. The Kier molecular flexibility index (Phi) is 1.94. The molecular formula is C11H8ClN3O2. The standard InChI is InChI=1S/C11H8ClN3O2/c1-5-2-6(12)9-8(3-5)15-4-7(10(16)17)13-11(15)14-9/h2-4H,1H3,(H,13,14)(H,16,17). The zero-order valence-electron chi connectivity index (χ0n) is 8.86. The number of rotatable bonds is 1. The molecule has 86 valence electrons. The molecule has 0 aliphatic carbocycles. The van der Waals surface area contributed by atoms with E-state index in [9.17, 15) is 4.79 Å².